The maximum Gasteiger partial charge on any atom is 0.310 e. The smallest absolute Gasteiger partial charge is 0.310 e. The van der Waals surface area contributed by atoms with E-state index in [0.717, 1.165) is 12.8 Å². The van der Waals surface area contributed by atoms with Crippen molar-refractivity contribution < 1.29 is 9.90 Å². The number of carboxylic acid groups (broad SMARTS) is 1. The predicted octanol–water partition coefficient (Wildman–Crippen LogP) is 1.19. The van der Waals surface area contributed by atoms with Crippen molar-refractivity contribution in [2.45, 2.75) is 32.7 Å². The second-order valence-electron chi connectivity index (χ2n) is 4.09. The first kappa shape index (κ1) is 9.52. The molecule has 1 saturated carbocycles. The summed E-state index contributed by atoms with van der Waals surface area (Å²) in [4.78, 5) is 12.9. The van der Waals surface area contributed by atoms with Crippen LogP contribution in [-0.2, 0) is 4.79 Å². The molecule has 0 spiro atoms. The van der Waals surface area contributed by atoms with Gasteiger partial charge in [0.25, 0.3) is 0 Å². The average molecular weight is 171 g/mol. The lowest BCUT2D eigenvalue weighted by molar-refractivity contribution is -0.144. The van der Waals surface area contributed by atoms with Crippen molar-refractivity contribution in [1.29, 1.82) is 0 Å². The maximum absolute atomic E-state index is 10.8. The fourth-order valence-electron chi connectivity index (χ4n) is 1.25. The van der Waals surface area contributed by atoms with E-state index in [0.29, 0.717) is 12.6 Å². The van der Waals surface area contributed by atoms with Crippen LogP contribution in [0.2, 0.25) is 0 Å². The van der Waals surface area contributed by atoms with Crippen LogP contribution in [0, 0.1) is 5.41 Å². The van der Waals surface area contributed by atoms with Crippen molar-refractivity contribution in [3.63, 3.8) is 0 Å². The quantitative estimate of drug-likeness (QED) is 0.690. The summed E-state index contributed by atoms with van der Waals surface area (Å²) in [5.74, 6) is -0.630. The predicted molar refractivity (Wildman–Crippen MR) is 47.1 cm³/mol. The summed E-state index contributed by atoms with van der Waals surface area (Å²) in [6, 6.07) is 0.432. The fraction of sp³-hybridized carbons (Fsp3) is 0.889. The van der Waals surface area contributed by atoms with Crippen LogP contribution in [0.1, 0.15) is 26.7 Å². The Balaban J connectivity index is 2.45. The minimum absolute atomic E-state index is 0.404. The van der Waals surface area contributed by atoms with Gasteiger partial charge in [-0.2, -0.15) is 0 Å². The van der Waals surface area contributed by atoms with E-state index in [-0.39, 0.29) is 0 Å². The molecule has 3 heteroatoms. The van der Waals surface area contributed by atoms with Crippen molar-refractivity contribution >= 4 is 5.97 Å². The van der Waals surface area contributed by atoms with E-state index in [9.17, 15) is 4.79 Å². The first-order valence-corrected chi connectivity index (χ1v) is 4.41. The van der Waals surface area contributed by atoms with Crippen LogP contribution in [-0.4, -0.2) is 35.6 Å². The van der Waals surface area contributed by atoms with Crippen molar-refractivity contribution in [3.8, 4) is 0 Å². The van der Waals surface area contributed by atoms with Gasteiger partial charge in [-0.05, 0) is 33.7 Å². The normalized spacial score (nSPS) is 20.1. The number of hydrogen-bond donors (Lipinski definition) is 1. The van der Waals surface area contributed by atoms with Gasteiger partial charge in [0.05, 0.1) is 5.41 Å². The molecule has 0 bridgehead atoms. The molecule has 0 aliphatic heterocycles. The lowest BCUT2D eigenvalue weighted by Crippen LogP contribution is -2.35. The van der Waals surface area contributed by atoms with Crippen LogP contribution in [0.25, 0.3) is 0 Å². The number of hydrogen-bond acceptors (Lipinski definition) is 2. The molecule has 1 fully saturated rings. The van der Waals surface area contributed by atoms with Crippen molar-refractivity contribution in [1.82, 2.24) is 4.90 Å². The highest BCUT2D eigenvalue weighted by molar-refractivity contribution is 5.78. The Bertz CT molecular complexity index is 185. The third-order valence-corrected chi connectivity index (χ3v) is 2.74. The molecule has 0 radical (unpaired) electrons. The number of carboxylic acids is 1. The molecule has 0 atom stereocenters. The molecule has 3 nitrogen and oxygen atoms in total. The SMILES string of the molecule is CC(C)N(C)CC1(C(=O)O)CC1. The minimum atomic E-state index is -0.630. The third-order valence-electron chi connectivity index (χ3n) is 2.74. The van der Waals surface area contributed by atoms with Crippen molar-refractivity contribution in [3.05, 3.63) is 0 Å². The highest BCUT2D eigenvalue weighted by Crippen LogP contribution is 2.46. The zero-order chi connectivity index (χ0) is 9.35. The van der Waals surface area contributed by atoms with E-state index in [1.165, 1.54) is 0 Å². The van der Waals surface area contributed by atoms with Crippen molar-refractivity contribution in [2.75, 3.05) is 13.6 Å². The molecule has 12 heavy (non-hydrogen) atoms. The molecule has 0 saturated heterocycles. The summed E-state index contributed by atoms with van der Waals surface area (Å²) in [5, 5.41) is 8.91. The largest absolute Gasteiger partial charge is 0.481 e. The Morgan fingerprint density at radius 2 is 2.08 bits per heavy atom. The Hall–Kier alpha value is -0.570. The van der Waals surface area contributed by atoms with Gasteiger partial charge in [-0.1, -0.05) is 0 Å². The van der Waals surface area contributed by atoms with Gasteiger partial charge in [-0.3, -0.25) is 4.79 Å². The molecule has 0 heterocycles. The highest BCUT2D eigenvalue weighted by Gasteiger charge is 2.50. The standard InChI is InChI=1S/C9H17NO2/c1-7(2)10(3)6-9(4-5-9)8(11)12/h7H,4-6H2,1-3H3,(H,11,12). The molecular weight excluding hydrogens is 154 g/mol. The van der Waals surface area contributed by atoms with Crippen LogP contribution in [0.15, 0.2) is 0 Å². The van der Waals surface area contributed by atoms with Crippen LogP contribution in [0.3, 0.4) is 0 Å². The Labute approximate surface area is 73.4 Å². The summed E-state index contributed by atoms with van der Waals surface area (Å²) >= 11 is 0. The topological polar surface area (TPSA) is 40.5 Å². The number of rotatable bonds is 4. The Kier molecular flexibility index (Phi) is 2.42. The zero-order valence-electron chi connectivity index (χ0n) is 8.00. The summed E-state index contributed by atoms with van der Waals surface area (Å²) in [7, 11) is 1.98. The summed E-state index contributed by atoms with van der Waals surface area (Å²) in [5.41, 5.74) is -0.404. The first-order chi connectivity index (χ1) is 5.48. The average Bonchev–Trinajstić information content (AvgIpc) is 2.68. The van der Waals surface area contributed by atoms with Crippen LogP contribution >= 0.6 is 0 Å². The number of nitrogens with zero attached hydrogens (tertiary/aromatic N) is 1. The van der Waals surface area contributed by atoms with Gasteiger partial charge in [0.2, 0.25) is 0 Å². The lowest BCUT2D eigenvalue weighted by Gasteiger charge is -2.24. The Morgan fingerprint density at radius 1 is 1.58 bits per heavy atom. The molecule has 0 aromatic rings. The van der Waals surface area contributed by atoms with Gasteiger partial charge in [0.1, 0.15) is 0 Å². The monoisotopic (exact) mass is 171 g/mol. The third kappa shape index (κ3) is 1.78. The summed E-state index contributed by atoms with van der Waals surface area (Å²) in [6.45, 7) is 4.86. The molecule has 70 valence electrons. The molecule has 0 aromatic carbocycles. The molecule has 0 aromatic heterocycles. The van der Waals surface area contributed by atoms with Crippen molar-refractivity contribution in [2.24, 2.45) is 5.41 Å². The van der Waals surface area contributed by atoms with Crippen LogP contribution in [0.4, 0.5) is 0 Å². The second-order valence-corrected chi connectivity index (χ2v) is 4.09. The first-order valence-electron chi connectivity index (χ1n) is 4.41. The molecule has 0 amide bonds. The second kappa shape index (κ2) is 3.05. The molecule has 1 aliphatic rings. The summed E-state index contributed by atoms with van der Waals surface area (Å²) in [6.07, 6.45) is 1.69. The van der Waals surface area contributed by atoms with E-state index >= 15 is 0 Å². The van der Waals surface area contributed by atoms with Crippen LogP contribution in [0.5, 0.6) is 0 Å². The van der Waals surface area contributed by atoms with E-state index in [2.05, 4.69) is 18.7 Å². The van der Waals surface area contributed by atoms with Gasteiger partial charge >= 0.3 is 5.97 Å². The fourth-order valence-corrected chi connectivity index (χ4v) is 1.25. The van der Waals surface area contributed by atoms with Gasteiger partial charge in [0, 0.05) is 12.6 Å². The van der Waals surface area contributed by atoms with E-state index in [1.807, 2.05) is 7.05 Å². The van der Waals surface area contributed by atoms with Gasteiger partial charge in [0.15, 0.2) is 0 Å². The highest BCUT2D eigenvalue weighted by atomic mass is 16.4. The zero-order valence-corrected chi connectivity index (χ0v) is 8.00. The van der Waals surface area contributed by atoms with E-state index in [4.69, 9.17) is 5.11 Å². The van der Waals surface area contributed by atoms with Gasteiger partial charge in [-0.25, -0.2) is 0 Å². The number of aliphatic carboxylic acids is 1. The van der Waals surface area contributed by atoms with Crippen LogP contribution < -0.4 is 0 Å². The molecule has 1 aliphatic carbocycles. The van der Waals surface area contributed by atoms with Gasteiger partial charge < -0.3 is 10.0 Å². The minimum Gasteiger partial charge on any atom is -0.481 e. The van der Waals surface area contributed by atoms with Gasteiger partial charge in [-0.15, -0.1) is 0 Å². The molecule has 1 N–H and O–H groups in total. The lowest BCUT2D eigenvalue weighted by atomic mass is 10.1. The molecule has 0 unspecified atom stereocenters. The molecular formula is C9H17NO2. The molecule has 1 rings (SSSR count). The maximum atomic E-state index is 10.8. The van der Waals surface area contributed by atoms with E-state index < -0.39 is 11.4 Å². The Morgan fingerprint density at radius 3 is 2.33 bits per heavy atom. The number of carbonyl (C=O) groups is 1. The van der Waals surface area contributed by atoms with E-state index in [1.54, 1.807) is 0 Å². The summed E-state index contributed by atoms with van der Waals surface area (Å²) < 4.78 is 0.